The predicted octanol–water partition coefficient (Wildman–Crippen LogP) is 1.94. The van der Waals surface area contributed by atoms with Crippen molar-refractivity contribution in [1.82, 2.24) is 14.9 Å². The van der Waals surface area contributed by atoms with Gasteiger partial charge in [-0.2, -0.15) is 0 Å². The van der Waals surface area contributed by atoms with Crippen LogP contribution >= 0.6 is 11.9 Å². The molecule has 1 aromatic rings. The number of hydrogen-bond acceptors (Lipinski definition) is 5. The second-order valence-electron chi connectivity index (χ2n) is 6.42. The number of fused-ring (bicyclic) bond motifs is 1. The Hall–Kier alpha value is -1.92. The SMILES string of the molecule is CCOC(=O)N1CCC(NSC2=c3ccccc3=C(NC)C=CC2)CC1. The Bertz CT molecular complexity index is 782. The predicted molar refractivity (Wildman–Crippen MR) is 108 cm³/mol. The monoisotopic (exact) mass is 373 g/mol. The van der Waals surface area contributed by atoms with Crippen LogP contribution < -0.4 is 20.5 Å². The molecule has 0 radical (unpaired) electrons. The van der Waals surface area contributed by atoms with Crippen LogP contribution in [0.15, 0.2) is 36.4 Å². The molecule has 0 bridgehead atoms. The number of carbonyl (C=O) groups is 1. The van der Waals surface area contributed by atoms with Gasteiger partial charge in [0.25, 0.3) is 0 Å². The molecule has 26 heavy (non-hydrogen) atoms. The Morgan fingerprint density at radius 3 is 2.69 bits per heavy atom. The van der Waals surface area contributed by atoms with Gasteiger partial charge in [0.2, 0.25) is 0 Å². The van der Waals surface area contributed by atoms with E-state index >= 15 is 0 Å². The fourth-order valence-electron chi connectivity index (χ4n) is 3.31. The zero-order valence-electron chi connectivity index (χ0n) is 15.5. The maximum absolute atomic E-state index is 11.8. The van der Waals surface area contributed by atoms with Gasteiger partial charge in [0, 0.05) is 42.0 Å². The lowest BCUT2D eigenvalue weighted by Crippen LogP contribution is -2.43. The fraction of sp³-hybridized carbons (Fsp3) is 0.450. The van der Waals surface area contributed by atoms with Crippen molar-refractivity contribution in [2.24, 2.45) is 0 Å². The summed E-state index contributed by atoms with van der Waals surface area (Å²) in [7, 11) is 1.96. The summed E-state index contributed by atoms with van der Waals surface area (Å²) in [6, 6.07) is 8.93. The molecule has 1 aliphatic carbocycles. The van der Waals surface area contributed by atoms with Crippen molar-refractivity contribution >= 4 is 28.6 Å². The van der Waals surface area contributed by atoms with Gasteiger partial charge in [-0.1, -0.05) is 30.3 Å². The summed E-state index contributed by atoms with van der Waals surface area (Å²) < 4.78 is 8.71. The highest BCUT2D eigenvalue weighted by Gasteiger charge is 2.23. The first-order chi connectivity index (χ1) is 12.7. The number of benzene rings is 1. The van der Waals surface area contributed by atoms with Crippen LogP contribution in [-0.2, 0) is 4.74 Å². The highest BCUT2D eigenvalue weighted by Crippen LogP contribution is 2.21. The first kappa shape index (κ1) is 18.9. The quantitative estimate of drug-likeness (QED) is 0.773. The molecular weight excluding hydrogens is 346 g/mol. The topological polar surface area (TPSA) is 53.6 Å². The van der Waals surface area contributed by atoms with Crippen LogP contribution in [0.3, 0.4) is 0 Å². The van der Waals surface area contributed by atoms with Crippen molar-refractivity contribution < 1.29 is 9.53 Å². The molecule has 1 amide bonds. The van der Waals surface area contributed by atoms with Crippen molar-refractivity contribution in [3.8, 4) is 0 Å². The Labute approximate surface area is 159 Å². The minimum Gasteiger partial charge on any atom is -0.450 e. The molecular formula is C20H27N3O2S. The van der Waals surface area contributed by atoms with Crippen LogP contribution in [0.4, 0.5) is 4.79 Å². The average molecular weight is 374 g/mol. The van der Waals surface area contributed by atoms with Gasteiger partial charge >= 0.3 is 6.09 Å². The third kappa shape index (κ3) is 4.43. The Morgan fingerprint density at radius 2 is 2.00 bits per heavy atom. The molecule has 0 unspecified atom stereocenters. The van der Waals surface area contributed by atoms with Crippen LogP contribution in [0.2, 0.25) is 0 Å². The number of ether oxygens (including phenoxy) is 1. The minimum absolute atomic E-state index is 0.189. The summed E-state index contributed by atoms with van der Waals surface area (Å²) in [6.45, 7) is 3.78. The Morgan fingerprint density at radius 1 is 1.27 bits per heavy atom. The van der Waals surface area contributed by atoms with Gasteiger partial charge in [0.15, 0.2) is 0 Å². The van der Waals surface area contributed by atoms with Crippen LogP contribution in [0.25, 0.3) is 10.6 Å². The summed E-state index contributed by atoms with van der Waals surface area (Å²) >= 11 is 1.73. The molecule has 2 N–H and O–H groups in total. The van der Waals surface area contributed by atoms with Gasteiger partial charge in [-0.3, -0.25) is 4.72 Å². The lowest BCUT2D eigenvalue weighted by Gasteiger charge is -2.31. The molecule has 5 nitrogen and oxygen atoms in total. The van der Waals surface area contributed by atoms with Gasteiger partial charge in [0.1, 0.15) is 0 Å². The smallest absolute Gasteiger partial charge is 0.409 e. The molecule has 0 aromatic heterocycles. The van der Waals surface area contributed by atoms with Crippen molar-refractivity contribution in [3.63, 3.8) is 0 Å². The molecule has 1 saturated heterocycles. The minimum atomic E-state index is -0.189. The van der Waals surface area contributed by atoms with Crippen LogP contribution in [0.1, 0.15) is 26.2 Å². The number of hydrogen-bond donors (Lipinski definition) is 2. The second-order valence-corrected chi connectivity index (χ2v) is 7.35. The normalized spacial score (nSPS) is 17.7. The zero-order chi connectivity index (χ0) is 18.4. The highest BCUT2D eigenvalue weighted by molar-refractivity contribution is 8.06. The van der Waals surface area contributed by atoms with E-state index in [4.69, 9.17) is 4.74 Å². The van der Waals surface area contributed by atoms with E-state index in [9.17, 15) is 4.79 Å². The molecule has 1 aliphatic heterocycles. The highest BCUT2D eigenvalue weighted by atomic mass is 32.2. The summed E-state index contributed by atoms with van der Waals surface area (Å²) in [4.78, 5) is 14.9. The van der Waals surface area contributed by atoms with Crippen LogP contribution in [-0.4, -0.2) is 43.8 Å². The standard InChI is InChI=1S/C20H27N3O2S/c1-3-25-20(24)23-13-11-15(12-14-23)22-26-19-10-6-9-18(21-2)16-7-4-5-8-17(16)19/h4-9,15,21-22H,3,10-14H2,1-2H3. The van der Waals surface area contributed by atoms with Crippen molar-refractivity contribution in [2.75, 3.05) is 26.7 Å². The van der Waals surface area contributed by atoms with Gasteiger partial charge in [-0.05, 0) is 49.4 Å². The number of nitrogens with one attached hydrogen (secondary N) is 2. The number of nitrogens with zero attached hydrogens (tertiary/aromatic N) is 1. The van der Waals surface area contributed by atoms with E-state index in [1.807, 2.05) is 14.0 Å². The average Bonchev–Trinajstić information content (AvgIpc) is 2.86. The Kier molecular flexibility index (Phi) is 6.63. The number of allylic oxidation sites excluding steroid dienone is 1. The molecule has 0 atom stereocenters. The van der Waals surface area contributed by atoms with Crippen molar-refractivity contribution in [1.29, 1.82) is 0 Å². The molecule has 3 rings (SSSR count). The lowest BCUT2D eigenvalue weighted by atomic mass is 10.1. The molecule has 0 saturated carbocycles. The van der Waals surface area contributed by atoms with Gasteiger partial charge in [-0.15, -0.1) is 0 Å². The molecule has 2 aliphatic rings. The van der Waals surface area contributed by atoms with E-state index in [2.05, 4.69) is 46.5 Å². The first-order valence-electron chi connectivity index (χ1n) is 9.23. The number of likely N-dealkylation sites (N-methyl/N-ethyl adjacent to an activating group) is 1. The number of amides is 1. The van der Waals surface area contributed by atoms with Gasteiger partial charge < -0.3 is 15.0 Å². The van der Waals surface area contributed by atoms with E-state index in [0.717, 1.165) is 38.0 Å². The van der Waals surface area contributed by atoms with Gasteiger partial charge in [-0.25, -0.2) is 4.79 Å². The number of piperidine rings is 1. The number of rotatable bonds is 5. The van der Waals surface area contributed by atoms with E-state index in [1.54, 1.807) is 16.8 Å². The maximum atomic E-state index is 11.8. The third-order valence-electron chi connectivity index (χ3n) is 4.74. The lowest BCUT2D eigenvalue weighted by molar-refractivity contribution is 0.0967. The molecule has 0 spiro atoms. The van der Waals surface area contributed by atoms with E-state index < -0.39 is 0 Å². The van der Waals surface area contributed by atoms with Crippen LogP contribution in [0, 0.1) is 0 Å². The first-order valence-corrected chi connectivity index (χ1v) is 10.1. The zero-order valence-corrected chi connectivity index (χ0v) is 16.3. The molecule has 1 fully saturated rings. The number of carbonyl (C=O) groups excluding carboxylic acids is 1. The summed E-state index contributed by atoms with van der Waals surface area (Å²) in [5, 5.41) is 5.81. The number of likely N-dealkylation sites (tertiary alicyclic amines) is 1. The molecule has 140 valence electrons. The maximum Gasteiger partial charge on any atom is 0.409 e. The fourth-order valence-corrected chi connectivity index (χ4v) is 4.32. The Balaban J connectivity index is 1.66. The summed E-state index contributed by atoms with van der Waals surface area (Å²) in [5.74, 6) is 0. The molecule has 1 aromatic carbocycles. The second kappa shape index (κ2) is 9.14. The van der Waals surface area contributed by atoms with Crippen molar-refractivity contribution in [2.45, 2.75) is 32.2 Å². The molecule has 6 heteroatoms. The van der Waals surface area contributed by atoms with E-state index in [0.29, 0.717) is 12.6 Å². The van der Waals surface area contributed by atoms with E-state index in [-0.39, 0.29) is 6.09 Å². The summed E-state index contributed by atoms with van der Waals surface area (Å²) in [5.41, 5.74) is 1.15. The van der Waals surface area contributed by atoms with Gasteiger partial charge in [0.05, 0.1) is 6.61 Å². The summed E-state index contributed by atoms with van der Waals surface area (Å²) in [6.07, 6.45) is 6.99. The van der Waals surface area contributed by atoms with E-state index in [1.165, 1.54) is 15.3 Å². The molecule has 1 heterocycles. The largest absolute Gasteiger partial charge is 0.450 e. The van der Waals surface area contributed by atoms with Crippen LogP contribution in [0.5, 0.6) is 0 Å². The van der Waals surface area contributed by atoms with Crippen molar-refractivity contribution in [3.05, 3.63) is 46.9 Å². The third-order valence-corrected chi connectivity index (χ3v) is 5.83.